The third-order valence-corrected chi connectivity index (χ3v) is 4.90. The first-order valence-electron chi connectivity index (χ1n) is 9.96. The maximum absolute atomic E-state index is 13.1. The van der Waals surface area contributed by atoms with E-state index in [0.29, 0.717) is 23.6 Å². The lowest BCUT2D eigenvalue weighted by molar-refractivity contribution is -0.386. The summed E-state index contributed by atoms with van der Waals surface area (Å²) in [7, 11) is 0. The molecule has 2 aliphatic heterocycles. The van der Waals surface area contributed by atoms with Crippen LogP contribution in [-0.4, -0.2) is 34.5 Å². The smallest absolute Gasteiger partial charge is 0.435 e. The predicted octanol–water partition coefficient (Wildman–Crippen LogP) is 3.52. The summed E-state index contributed by atoms with van der Waals surface area (Å²) in [6, 6.07) is 11.8. The van der Waals surface area contributed by atoms with Crippen LogP contribution in [0.2, 0.25) is 0 Å². The number of benzene rings is 2. The van der Waals surface area contributed by atoms with Gasteiger partial charge < -0.3 is 14.2 Å². The second-order valence-corrected chi connectivity index (χ2v) is 7.03. The molecule has 1 unspecified atom stereocenters. The number of hydrogen-bond donors (Lipinski definition) is 1. The van der Waals surface area contributed by atoms with Crippen molar-refractivity contribution in [2.24, 2.45) is 10.2 Å². The molecule has 0 saturated heterocycles. The third kappa shape index (κ3) is 4.54. The molecule has 11 heteroatoms. The molecule has 0 aliphatic carbocycles. The van der Waals surface area contributed by atoms with Crippen LogP contribution in [0, 0.1) is 22.5 Å². The molecule has 2 aliphatic rings. The van der Waals surface area contributed by atoms with Gasteiger partial charge in [-0.1, -0.05) is 30.3 Å². The minimum Gasteiger partial charge on any atom is -0.454 e. The van der Waals surface area contributed by atoms with E-state index in [9.17, 15) is 14.9 Å². The highest BCUT2D eigenvalue weighted by Gasteiger charge is 2.32. The summed E-state index contributed by atoms with van der Waals surface area (Å²) in [6.45, 7) is 1.48. The molecular formula is C22H19N5O6. The van der Waals surface area contributed by atoms with Crippen molar-refractivity contribution in [2.45, 2.75) is 25.9 Å². The van der Waals surface area contributed by atoms with Gasteiger partial charge in [-0.2, -0.15) is 5.01 Å². The molecule has 2 aromatic rings. The molecule has 4 rings (SSSR count). The van der Waals surface area contributed by atoms with E-state index in [1.54, 1.807) is 12.1 Å². The van der Waals surface area contributed by atoms with Crippen LogP contribution in [0.3, 0.4) is 0 Å². The van der Waals surface area contributed by atoms with E-state index in [4.69, 9.17) is 20.6 Å². The average Bonchev–Trinajstić information content (AvgIpc) is 3.30. The summed E-state index contributed by atoms with van der Waals surface area (Å²) in [6.07, 6.45) is 4.13. The number of nitrogens with one attached hydrogen (secondary N) is 1. The van der Waals surface area contributed by atoms with Gasteiger partial charge in [0.2, 0.25) is 6.79 Å². The van der Waals surface area contributed by atoms with Crippen LogP contribution >= 0.6 is 0 Å². The van der Waals surface area contributed by atoms with Gasteiger partial charge in [-0.05, 0) is 13.0 Å². The van der Waals surface area contributed by atoms with E-state index >= 15 is 0 Å². The van der Waals surface area contributed by atoms with Gasteiger partial charge in [0.25, 0.3) is 5.69 Å². The average molecular weight is 449 g/mol. The van der Waals surface area contributed by atoms with Crippen LogP contribution in [0.15, 0.2) is 52.7 Å². The van der Waals surface area contributed by atoms with E-state index < -0.39 is 17.1 Å². The van der Waals surface area contributed by atoms with Crippen LogP contribution in [0.5, 0.6) is 11.5 Å². The zero-order chi connectivity index (χ0) is 23.4. The van der Waals surface area contributed by atoms with Gasteiger partial charge in [0.05, 0.1) is 16.6 Å². The van der Waals surface area contributed by atoms with Gasteiger partial charge >= 0.3 is 6.09 Å². The molecule has 0 radical (unpaired) electrons. The Kier molecular flexibility index (Phi) is 6.08. The molecule has 1 amide bonds. The lowest BCUT2D eigenvalue weighted by atomic mass is 10.1. The summed E-state index contributed by atoms with van der Waals surface area (Å²) in [4.78, 5) is 24.1. The lowest BCUT2D eigenvalue weighted by Crippen LogP contribution is -2.52. The van der Waals surface area contributed by atoms with Crippen LogP contribution in [0.1, 0.15) is 37.0 Å². The zero-order valence-corrected chi connectivity index (χ0v) is 17.6. The molecule has 11 nitrogen and oxygen atoms in total. The topological polar surface area (TPSA) is 128 Å². The number of amides is 1. The number of rotatable bonds is 6. The molecule has 168 valence electrons. The number of fused-ring (bicyclic) bond motifs is 1. The predicted molar refractivity (Wildman–Crippen MR) is 118 cm³/mol. The lowest BCUT2D eigenvalue weighted by Gasteiger charge is -2.28. The molecule has 0 bridgehead atoms. The summed E-state index contributed by atoms with van der Waals surface area (Å²) >= 11 is 0. The SMILES string of the molecule is C#CCCC1=NN=C(c2ccccc2)NN1C(=O)OC(C)c1cc2c(cc1[N+](=O)[O-])OCO2. The van der Waals surface area contributed by atoms with Crippen molar-refractivity contribution in [3.63, 3.8) is 0 Å². The Bertz CT molecular complexity index is 1190. The number of carbonyl (C=O) groups is 1. The fraction of sp³-hybridized carbons (Fsp3) is 0.227. The van der Waals surface area contributed by atoms with Gasteiger partial charge in [-0.15, -0.1) is 22.5 Å². The molecule has 0 fully saturated rings. The summed E-state index contributed by atoms with van der Waals surface area (Å²) < 4.78 is 16.1. The molecule has 2 heterocycles. The Morgan fingerprint density at radius 3 is 2.73 bits per heavy atom. The van der Waals surface area contributed by atoms with Crippen molar-refractivity contribution in [2.75, 3.05) is 6.79 Å². The second kappa shape index (κ2) is 9.27. The summed E-state index contributed by atoms with van der Waals surface area (Å²) in [5, 5.41) is 20.9. The normalized spacial score (nSPS) is 15.0. The highest BCUT2D eigenvalue weighted by atomic mass is 16.7. The molecule has 33 heavy (non-hydrogen) atoms. The molecule has 2 aromatic carbocycles. The molecule has 0 aromatic heterocycles. The summed E-state index contributed by atoms with van der Waals surface area (Å²) in [5.74, 6) is 3.67. The minimum absolute atomic E-state index is 0.0432. The zero-order valence-electron chi connectivity index (χ0n) is 17.6. The standard InChI is InChI=1S/C22H19N5O6/c1-3-4-10-20-23-24-21(15-8-6-5-7-9-15)25-26(20)22(28)33-14(2)16-11-18-19(32-13-31-18)12-17(16)27(29)30/h1,5-9,11-12,14H,4,10,13H2,2H3,(H,24,25). The van der Waals surface area contributed by atoms with Gasteiger partial charge in [0, 0.05) is 18.4 Å². The van der Waals surface area contributed by atoms with E-state index in [0.717, 1.165) is 5.01 Å². The molecule has 0 spiro atoms. The van der Waals surface area contributed by atoms with Gasteiger partial charge in [0.15, 0.2) is 23.2 Å². The van der Waals surface area contributed by atoms with Crippen LogP contribution in [0.4, 0.5) is 10.5 Å². The van der Waals surface area contributed by atoms with Crippen LogP contribution < -0.4 is 14.9 Å². The van der Waals surface area contributed by atoms with Crippen molar-refractivity contribution >= 4 is 23.5 Å². The third-order valence-electron chi connectivity index (χ3n) is 4.90. The first kappa shape index (κ1) is 21.6. The van der Waals surface area contributed by atoms with E-state index in [1.807, 2.05) is 18.2 Å². The van der Waals surface area contributed by atoms with Crippen LogP contribution in [-0.2, 0) is 4.74 Å². The van der Waals surface area contributed by atoms with Crippen molar-refractivity contribution in [3.05, 3.63) is 63.7 Å². The Morgan fingerprint density at radius 2 is 2.03 bits per heavy atom. The highest BCUT2D eigenvalue weighted by Crippen LogP contribution is 2.41. The first-order chi connectivity index (χ1) is 16.0. The van der Waals surface area contributed by atoms with E-state index in [-0.39, 0.29) is 36.0 Å². The van der Waals surface area contributed by atoms with Crippen LogP contribution in [0.25, 0.3) is 0 Å². The highest BCUT2D eigenvalue weighted by molar-refractivity contribution is 6.06. The Morgan fingerprint density at radius 1 is 1.30 bits per heavy atom. The number of hydrazine groups is 1. The Hall–Kier alpha value is -4.59. The Balaban J connectivity index is 1.58. The fourth-order valence-electron chi connectivity index (χ4n) is 3.26. The monoisotopic (exact) mass is 449 g/mol. The molecule has 0 saturated carbocycles. The van der Waals surface area contributed by atoms with Crippen molar-refractivity contribution in [1.29, 1.82) is 0 Å². The number of carbonyl (C=O) groups excluding carboxylic acids is 1. The quantitative estimate of drug-likeness (QED) is 0.406. The molecule has 1 atom stereocenters. The fourth-order valence-corrected chi connectivity index (χ4v) is 3.26. The minimum atomic E-state index is -0.984. The summed E-state index contributed by atoms with van der Waals surface area (Å²) in [5.41, 5.74) is 3.51. The van der Waals surface area contributed by atoms with Gasteiger partial charge in [-0.3, -0.25) is 15.5 Å². The number of hydrogen-bond acceptors (Lipinski definition) is 9. The number of nitrogens with zero attached hydrogens (tertiary/aromatic N) is 4. The Labute approximate surface area is 188 Å². The maximum atomic E-state index is 13.1. The molecular weight excluding hydrogens is 430 g/mol. The van der Waals surface area contributed by atoms with E-state index in [1.165, 1.54) is 19.1 Å². The number of nitro benzene ring substituents is 1. The first-order valence-corrected chi connectivity index (χ1v) is 9.96. The van der Waals surface area contributed by atoms with Crippen molar-refractivity contribution in [1.82, 2.24) is 10.4 Å². The molecule has 1 N–H and O–H groups in total. The number of nitro groups is 1. The van der Waals surface area contributed by atoms with Crippen molar-refractivity contribution < 1.29 is 23.9 Å². The number of amidine groups is 2. The van der Waals surface area contributed by atoms with Crippen molar-refractivity contribution in [3.8, 4) is 23.8 Å². The number of ether oxygens (including phenoxy) is 3. The number of terminal acetylenes is 1. The van der Waals surface area contributed by atoms with E-state index in [2.05, 4.69) is 21.5 Å². The second-order valence-electron chi connectivity index (χ2n) is 7.03. The largest absolute Gasteiger partial charge is 0.454 e. The van der Waals surface area contributed by atoms with Gasteiger partial charge in [-0.25, -0.2) is 4.79 Å². The maximum Gasteiger partial charge on any atom is 0.435 e. The van der Waals surface area contributed by atoms with Gasteiger partial charge in [0.1, 0.15) is 6.10 Å².